The number of aliphatic carboxylic acids is 1. The van der Waals surface area contributed by atoms with Crippen molar-refractivity contribution >= 4 is 12.0 Å². The fourth-order valence-corrected chi connectivity index (χ4v) is 2.00. The van der Waals surface area contributed by atoms with E-state index in [1.165, 1.54) is 4.90 Å². The van der Waals surface area contributed by atoms with E-state index in [9.17, 15) is 9.59 Å². The standard InChI is InChI=1S/C14H29N3O3/c1-6-12(5)17(10-13(18)19)14(20)15-11(4)9-16(7-2)8-3/h11-12H,6-10H2,1-5H3,(H,15,20)(H,18,19). The Morgan fingerprint density at radius 2 is 1.70 bits per heavy atom. The highest BCUT2D eigenvalue weighted by atomic mass is 16.4. The lowest BCUT2D eigenvalue weighted by molar-refractivity contribution is -0.138. The van der Waals surface area contributed by atoms with Crippen molar-refractivity contribution in [2.24, 2.45) is 0 Å². The number of likely N-dealkylation sites (N-methyl/N-ethyl adjacent to an activating group) is 1. The summed E-state index contributed by atoms with van der Waals surface area (Å²) in [7, 11) is 0. The van der Waals surface area contributed by atoms with Crippen LogP contribution in [0.3, 0.4) is 0 Å². The normalized spacial score (nSPS) is 13.9. The molecule has 0 fully saturated rings. The van der Waals surface area contributed by atoms with Gasteiger partial charge < -0.3 is 20.2 Å². The van der Waals surface area contributed by atoms with Crippen molar-refractivity contribution in [1.29, 1.82) is 0 Å². The third kappa shape index (κ3) is 6.75. The Kier molecular flexibility index (Phi) is 8.96. The zero-order valence-corrected chi connectivity index (χ0v) is 13.3. The van der Waals surface area contributed by atoms with E-state index in [4.69, 9.17) is 5.11 Å². The number of amides is 2. The van der Waals surface area contributed by atoms with Crippen LogP contribution < -0.4 is 5.32 Å². The van der Waals surface area contributed by atoms with E-state index in [2.05, 4.69) is 24.1 Å². The van der Waals surface area contributed by atoms with Gasteiger partial charge in [-0.1, -0.05) is 20.8 Å². The summed E-state index contributed by atoms with van der Waals surface area (Å²) in [4.78, 5) is 26.6. The lowest BCUT2D eigenvalue weighted by Gasteiger charge is -2.30. The number of rotatable bonds is 9. The first-order chi connectivity index (χ1) is 9.35. The molecule has 118 valence electrons. The minimum Gasteiger partial charge on any atom is -0.480 e. The van der Waals surface area contributed by atoms with Gasteiger partial charge in [0.05, 0.1) is 0 Å². The van der Waals surface area contributed by atoms with Crippen LogP contribution in [0.25, 0.3) is 0 Å². The number of nitrogens with zero attached hydrogens (tertiary/aromatic N) is 2. The molecule has 2 unspecified atom stereocenters. The molecule has 0 saturated carbocycles. The van der Waals surface area contributed by atoms with Crippen LogP contribution in [-0.2, 0) is 4.79 Å². The van der Waals surface area contributed by atoms with Gasteiger partial charge in [-0.25, -0.2) is 4.79 Å². The smallest absolute Gasteiger partial charge is 0.323 e. The molecule has 0 saturated heterocycles. The van der Waals surface area contributed by atoms with E-state index < -0.39 is 5.97 Å². The molecule has 0 aliphatic heterocycles. The Bertz CT molecular complexity index is 306. The molecule has 0 radical (unpaired) electrons. The molecule has 0 heterocycles. The Labute approximate surface area is 122 Å². The fourth-order valence-electron chi connectivity index (χ4n) is 2.00. The molecule has 2 atom stereocenters. The predicted octanol–water partition coefficient (Wildman–Crippen LogP) is 1.61. The number of urea groups is 1. The second-order valence-electron chi connectivity index (χ2n) is 5.12. The van der Waals surface area contributed by atoms with Crippen LogP contribution in [0.1, 0.15) is 41.0 Å². The molecule has 0 bridgehead atoms. The molecule has 0 aromatic carbocycles. The second kappa shape index (κ2) is 9.58. The first kappa shape index (κ1) is 18.7. The maximum atomic E-state index is 12.2. The van der Waals surface area contributed by atoms with E-state index in [1.807, 2.05) is 20.8 Å². The highest BCUT2D eigenvalue weighted by Crippen LogP contribution is 2.04. The van der Waals surface area contributed by atoms with E-state index in [1.54, 1.807) is 0 Å². The molecular formula is C14H29N3O3. The summed E-state index contributed by atoms with van der Waals surface area (Å²) in [5.74, 6) is -0.989. The largest absolute Gasteiger partial charge is 0.480 e. The highest BCUT2D eigenvalue weighted by molar-refractivity contribution is 5.80. The van der Waals surface area contributed by atoms with Gasteiger partial charge in [0.25, 0.3) is 0 Å². The van der Waals surface area contributed by atoms with Gasteiger partial charge in [-0.05, 0) is 33.4 Å². The Hall–Kier alpha value is -1.30. The van der Waals surface area contributed by atoms with Gasteiger partial charge >= 0.3 is 12.0 Å². The molecule has 6 nitrogen and oxygen atoms in total. The molecule has 0 rings (SSSR count). The summed E-state index contributed by atoms with van der Waals surface area (Å²) in [6, 6.07) is -0.407. The number of carbonyl (C=O) groups excluding carboxylic acids is 1. The van der Waals surface area contributed by atoms with Crippen molar-refractivity contribution in [1.82, 2.24) is 15.1 Å². The number of nitrogens with one attached hydrogen (secondary N) is 1. The van der Waals surface area contributed by atoms with Crippen LogP contribution in [-0.4, -0.2) is 65.2 Å². The number of carboxylic acid groups (broad SMARTS) is 1. The summed E-state index contributed by atoms with van der Waals surface area (Å²) < 4.78 is 0. The summed E-state index contributed by atoms with van der Waals surface area (Å²) in [5.41, 5.74) is 0. The van der Waals surface area contributed by atoms with Gasteiger partial charge in [-0.15, -0.1) is 0 Å². The van der Waals surface area contributed by atoms with E-state index in [0.717, 1.165) is 26.1 Å². The van der Waals surface area contributed by atoms with Crippen LogP contribution >= 0.6 is 0 Å². The van der Waals surface area contributed by atoms with Crippen molar-refractivity contribution < 1.29 is 14.7 Å². The Morgan fingerprint density at radius 1 is 1.15 bits per heavy atom. The maximum absolute atomic E-state index is 12.2. The van der Waals surface area contributed by atoms with Gasteiger partial charge in [0.1, 0.15) is 6.54 Å². The van der Waals surface area contributed by atoms with Crippen LogP contribution in [0, 0.1) is 0 Å². The third-order valence-electron chi connectivity index (χ3n) is 3.49. The third-order valence-corrected chi connectivity index (χ3v) is 3.49. The van der Waals surface area contributed by atoms with E-state index in [0.29, 0.717) is 0 Å². The number of hydrogen-bond donors (Lipinski definition) is 2. The minimum absolute atomic E-state index is 0.0113. The zero-order chi connectivity index (χ0) is 15.7. The topological polar surface area (TPSA) is 72.9 Å². The fraction of sp³-hybridized carbons (Fsp3) is 0.857. The molecule has 20 heavy (non-hydrogen) atoms. The summed E-state index contributed by atoms with van der Waals surface area (Å²) in [6.45, 7) is 12.2. The van der Waals surface area contributed by atoms with Crippen LogP contribution in [0.15, 0.2) is 0 Å². The lowest BCUT2D eigenvalue weighted by atomic mass is 10.2. The quantitative estimate of drug-likeness (QED) is 0.676. The SMILES string of the molecule is CCC(C)N(CC(=O)O)C(=O)NC(C)CN(CC)CC. The average Bonchev–Trinajstić information content (AvgIpc) is 2.40. The van der Waals surface area contributed by atoms with Crippen LogP contribution in [0.2, 0.25) is 0 Å². The van der Waals surface area contributed by atoms with Crippen molar-refractivity contribution in [3.05, 3.63) is 0 Å². The molecule has 0 aliphatic rings. The summed E-state index contributed by atoms with van der Waals surface area (Å²) in [6.07, 6.45) is 0.727. The molecule has 6 heteroatoms. The molecule has 0 aromatic heterocycles. The molecule has 2 N–H and O–H groups in total. The van der Waals surface area contributed by atoms with Crippen molar-refractivity contribution in [3.63, 3.8) is 0 Å². The Balaban J connectivity index is 4.54. The van der Waals surface area contributed by atoms with Crippen LogP contribution in [0.4, 0.5) is 4.79 Å². The van der Waals surface area contributed by atoms with Gasteiger partial charge in [0.2, 0.25) is 0 Å². The summed E-state index contributed by atoms with van der Waals surface area (Å²) >= 11 is 0. The van der Waals surface area contributed by atoms with Crippen molar-refractivity contribution in [2.45, 2.75) is 53.1 Å². The van der Waals surface area contributed by atoms with E-state index >= 15 is 0 Å². The second-order valence-corrected chi connectivity index (χ2v) is 5.12. The van der Waals surface area contributed by atoms with E-state index in [-0.39, 0.29) is 24.7 Å². The number of hydrogen-bond acceptors (Lipinski definition) is 3. The van der Waals surface area contributed by atoms with Gasteiger partial charge in [0.15, 0.2) is 0 Å². The molecule has 0 aromatic rings. The molecular weight excluding hydrogens is 258 g/mol. The molecule has 2 amide bonds. The van der Waals surface area contributed by atoms with Crippen LogP contribution in [0.5, 0.6) is 0 Å². The van der Waals surface area contributed by atoms with Gasteiger partial charge in [-0.2, -0.15) is 0 Å². The Morgan fingerprint density at radius 3 is 2.10 bits per heavy atom. The van der Waals surface area contributed by atoms with Gasteiger partial charge in [0, 0.05) is 18.6 Å². The van der Waals surface area contributed by atoms with Crippen molar-refractivity contribution in [3.8, 4) is 0 Å². The first-order valence-corrected chi connectivity index (χ1v) is 7.36. The zero-order valence-electron chi connectivity index (χ0n) is 13.3. The number of carboxylic acids is 1. The highest BCUT2D eigenvalue weighted by Gasteiger charge is 2.23. The lowest BCUT2D eigenvalue weighted by Crippen LogP contribution is -2.51. The first-order valence-electron chi connectivity index (χ1n) is 7.36. The molecule has 0 aliphatic carbocycles. The number of carbonyl (C=O) groups is 2. The van der Waals surface area contributed by atoms with Crippen molar-refractivity contribution in [2.75, 3.05) is 26.2 Å². The summed E-state index contributed by atoms with van der Waals surface area (Å²) in [5, 5.41) is 11.8. The average molecular weight is 287 g/mol. The monoisotopic (exact) mass is 287 g/mol. The predicted molar refractivity (Wildman–Crippen MR) is 79.9 cm³/mol. The minimum atomic E-state index is -0.989. The maximum Gasteiger partial charge on any atom is 0.323 e. The van der Waals surface area contributed by atoms with Gasteiger partial charge in [-0.3, -0.25) is 4.79 Å². The molecule has 0 spiro atoms.